The van der Waals surface area contributed by atoms with Crippen molar-refractivity contribution in [2.75, 3.05) is 27.9 Å². The van der Waals surface area contributed by atoms with Crippen molar-refractivity contribution in [3.8, 4) is 17.2 Å². The minimum Gasteiger partial charge on any atom is -0.493 e. The highest BCUT2D eigenvalue weighted by atomic mass is 32.2. The molecule has 1 saturated heterocycles. The summed E-state index contributed by atoms with van der Waals surface area (Å²) in [6, 6.07) is 3.61. The van der Waals surface area contributed by atoms with Crippen LogP contribution in [-0.4, -0.2) is 43.0 Å². The maximum absolute atomic E-state index is 12.5. The molecule has 130 valence electrons. The Balaban J connectivity index is 2.34. The molecule has 0 aromatic heterocycles. The molecule has 5 nitrogen and oxygen atoms in total. The molecule has 2 rings (SSSR count). The molecule has 1 amide bonds. The van der Waals surface area contributed by atoms with Crippen LogP contribution in [0.5, 0.6) is 17.2 Å². The molecule has 0 atom stereocenters. The van der Waals surface area contributed by atoms with Crippen LogP contribution in [0.4, 0.5) is 0 Å². The molecule has 24 heavy (non-hydrogen) atoms. The monoisotopic (exact) mass is 367 g/mol. The van der Waals surface area contributed by atoms with Crippen LogP contribution in [0.15, 0.2) is 17.0 Å². The third-order valence-corrected chi connectivity index (χ3v) is 4.97. The number of carbonyl (C=O) groups excluding carboxylic acids is 1. The molecule has 1 aromatic carbocycles. The fourth-order valence-electron chi connectivity index (χ4n) is 2.35. The van der Waals surface area contributed by atoms with E-state index in [4.69, 9.17) is 26.4 Å². The molecule has 1 aliphatic heterocycles. The van der Waals surface area contributed by atoms with Gasteiger partial charge in [-0.15, -0.1) is 0 Å². The van der Waals surface area contributed by atoms with Crippen molar-refractivity contribution in [3.63, 3.8) is 0 Å². The lowest BCUT2D eigenvalue weighted by Crippen LogP contribution is -2.28. The highest BCUT2D eigenvalue weighted by Gasteiger charge is 2.31. The van der Waals surface area contributed by atoms with Crippen LogP contribution in [0.1, 0.15) is 25.3 Å². The van der Waals surface area contributed by atoms with E-state index in [0.717, 1.165) is 18.4 Å². The molecule has 7 heteroatoms. The number of hydrogen-bond acceptors (Lipinski definition) is 6. The van der Waals surface area contributed by atoms with Crippen LogP contribution in [0.2, 0.25) is 0 Å². The standard InChI is InChI=1S/C17H21NO4S2/c1-5-6-7-18-16(19)14(24-17(18)23)10-11-8-12(20-2)15(22-4)13(9-11)21-3/h8-10H,5-7H2,1-4H3/b14-10+. The van der Waals surface area contributed by atoms with Gasteiger partial charge in [-0.25, -0.2) is 0 Å². The zero-order valence-electron chi connectivity index (χ0n) is 14.3. The predicted octanol–water partition coefficient (Wildman–Crippen LogP) is 3.71. The van der Waals surface area contributed by atoms with E-state index in [0.29, 0.717) is 33.0 Å². The molecule has 0 aliphatic carbocycles. The number of carbonyl (C=O) groups is 1. The van der Waals surface area contributed by atoms with Gasteiger partial charge in [-0.1, -0.05) is 37.3 Å². The summed E-state index contributed by atoms with van der Waals surface area (Å²) in [7, 11) is 4.68. The third kappa shape index (κ3) is 3.84. The van der Waals surface area contributed by atoms with Crippen molar-refractivity contribution in [1.82, 2.24) is 4.90 Å². The van der Waals surface area contributed by atoms with Crippen molar-refractivity contribution in [2.45, 2.75) is 19.8 Å². The van der Waals surface area contributed by atoms with Crippen molar-refractivity contribution < 1.29 is 19.0 Å². The van der Waals surface area contributed by atoms with E-state index in [1.807, 2.05) is 0 Å². The summed E-state index contributed by atoms with van der Waals surface area (Å²) in [4.78, 5) is 14.8. The number of methoxy groups -OCH3 is 3. The molecule has 1 aliphatic rings. The summed E-state index contributed by atoms with van der Waals surface area (Å²) in [6.07, 6.45) is 3.75. The van der Waals surface area contributed by atoms with Crippen molar-refractivity contribution in [2.24, 2.45) is 0 Å². The molecule has 0 N–H and O–H groups in total. The number of rotatable bonds is 7. The van der Waals surface area contributed by atoms with Gasteiger partial charge in [0.05, 0.1) is 26.2 Å². The van der Waals surface area contributed by atoms with E-state index >= 15 is 0 Å². The number of amides is 1. The Morgan fingerprint density at radius 2 is 1.79 bits per heavy atom. The summed E-state index contributed by atoms with van der Waals surface area (Å²) in [5.41, 5.74) is 0.792. The van der Waals surface area contributed by atoms with Crippen molar-refractivity contribution >= 4 is 40.3 Å². The minimum absolute atomic E-state index is 0.0489. The summed E-state index contributed by atoms with van der Waals surface area (Å²) >= 11 is 6.64. The van der Waals surface area contributed by atoms with Gasteiger partial charge >= 0.3 is 0 Å². The van der Waals surface area contributed by atoms with Crippen LogP contribution >= 0.6 is 24.0 Å². The van der Waals surface area contributed by atoms with E-state index in [9.17, 15) is 4.79 Å². The number of hydrogen-bond donors (Lipinski definition) is 0. The van der Waals surface area contributed by atoms with E-state index in [1.165, 1.54) is 11.8 Å². The van der Waals surface area contributed by atoms with Gasteiger partial charge in [-0.05, 0) is 30.2 Å². The minimum atomic E-state index is -0.0489. The average molecular weight is 367 g/mol. The van der Waals surface area contributed by atoms with Gasteiger partial charge in [-0.3, -0.25) is 9.69 Å². The first kappa shape index (κ1) is 18.6. The Hall–Kier alpha value is -1.73. The van der Waals surface area contributed by atoms with Gasteiger partial charge in [-0.2, -0.15) is 0 Å². The van der Waals surface area contributed by atoms with Gasteiger partial charge in [0.2, 0.25) is 5.75 Å². The van der Waals surface area contributed by atoms with E-state index in [-0.39, 0.29) is 5.91 Å². The second kappa shape index (κ2) is 8.39. The summed E-state index contributed by atoms with van der Waals surface area (Å²) < 4.78 is 16.6. The van der Waals surface area contributed by atoms with E-state index in [2.05, 4.69) is 6.92 Å². The highest BCUT2D eigenvalue weighted by Crippen LogP contribution is 2.40. The van der Waals surface area contributed by atoms with Gasteiger partial charge in [0.15, 0.2) is 11.5 Å². The molecular weight excluding hydrogens is 346 g/mol. The van der Waals surface area contributed by atoms with Gasteiger partial charge < -0.3 is 14.2 Å². The Morgan fingerprint density at radius 3 is 2.29 bits per heavy atom. The first-order chi connectivity index (χ1) is 11.5. The van der Waals surface area contributed by atoms with Crippen molar-refractivity contribution in [1.29, 1.82) is 0 Å². The second-order valence-corrected chi connectivity index (χ2v) is 6.82. The Kier molecular flexibility index (Phi) is 6.51. The molecule has 1 fully saturated rings. The molecule has 1 aromatic rings. The second-order valence-electron chi connectivity index (χ2n) is 5.15. The zero-order valence-corrected chi connectivity index (χ0v) is 15.9. The Morgan fingerprint density at radius 1 is 1.17 bits per heavy atom. The number of thioether (sulfide) groups is 1. The van der Waals surface area contributed by atoms with Crippen LogP contribution in [-0.2, 0) is 4.79 Å². The Bertz CT molecular complexity index is 648. The lowest BCUT2D eigenvalue weighted by molar-refractivity contribution is -0.122. The van der Waals surface area contributed by atoms with E-state index in [1.54, 1.807) is 44.4 Å². The topological polar surface area (TPSA) is 48.0 Å². The maximum Gasteiger partial charge on any atom is 0.266 e. The van der Waals surface area contributed by atoms with Crippen LogP contribution in [0, 0.1) is 0 Å². The SMILES string of the molecule is CCCCN1C(=O)/C(=C\c2cc(OC)c(OC)c(OC)c2)SC1=S. The number of unbranched alkanes of at least 4 members (excludes halogenated alkanes) is 1. The van der Waals surface area contributed by atoms with Gasteiger partial charge in [0.25, 0.3) is 5.91 Å². The first-order valence-electron chi connectivity index (χ1n) is 7.61. The van der Waals surface area contributed by atoms with Crippen LogP contribution < -0.4 is 14.2 Å². The lowest BCUT2D eigenvalue weighted by atomic mass is 10.1. The lowest BCUT2D eigenvalue weighted by Gasteiger charge is -2.13. The number of nitrogens with zero attached hydrogens (tertiary/aromatic N) is 1. The van der Waals surface area contributed by atoms with Crippen molar-refractivity contribution in [3.05, 3.63) is 22.6 Å². The van der Waals surface area contributed by atoms with E-state index < -0.39 is 0 Å². The number of benzene rings is 1. The Labute approximate surface area is 151 Å². The smallest absolute Gasteiger partial charge is 0.266 e. The molecular formula is C17H21NO4S2. The zero-order chi connectivity index (χ0) is 17.7. The van der Waals surface area contributed by atoms with Crippen LogP contribution in [0.25, 0.3) is 6.08 Å². The summed E-state index contributed by atoms with van der Waals surface area (Å²) in [5, 5.41) is 0. The summed E-state index contributed by atoms with van der Waals surface area (Å²) in [5.74, 6) is 1.56. The number of ether oxygens (including phenoxy) is 3. The van der Waals surface area contributed by atoms with Gasteiger partial charge in [0, 0.05) is 6.54 Å². The molecule has 0 bridgehead atoms. The van der Waals surface area contributed by atoms with Gasteiger partial charge in [0.1, 0.15) is 4.32 Å². The first-order valence-corrected chi connectivity index (χ1v) is 8.83. The number of thiocarbonyl (C=S) groups is 1. The fraction of sp³-hybridized carbons (Fsp3) is 0.412. The molecule has 0 radical (unpaired) electrons. The summed E-state index contributed by atoms with van der Waals surface area (Å²) in [6.45, 7) is 2.75. The normalized spacial score (nSPS) is 16.0. The maximum atomic E-state index is 12.5. The average Bonchev–Trinajstić information content (AvgIpc) is 2.85. The highest BCUT2D eigenvalue weighted by molar-refractivity contribution is 8.26. The predicted molar refractivity (Wildman–Crippen MR) is 101 cm³/mol. The quantitative estimate of drug-likeness (QED) is 0.541. The third-order valence-electron chi connectivity index (χ3n) is 3.59. The largest absolute Gasteiger partial charge is 0.493 e. The molecule has 0 unspecified atom stereocenters. The molecule has 0 saturated carbocycles. The van der Waals surface area contributed by atoms with Crippen LogP contribution in [0.3, 0.4) is 0 Å². The molecule has 1 heterocycles. The molecule has 0 spiro atoms. The fourth-order valence-corrected chi connectivity index (χ4v) is 3.65.